The quantitative estimate of drug-likeness (QED) is 0.397. The van der Waals surface area contributed by atoms with E-state index in [0.29, 0.717) is 0 Å². The molecule has 2 aliphatic rings. The molecule has 2 rings (SSSR count). The fraction of sp³-hybridized carbons (Fsp3) is 0.923. The number of carbonyl (C=O) groups excluding carboxylic acids is 1. The van der Waals surface area contributed by atoms with Gasteiger partial charge in [-0.25, -0.2) is 5.84 Å². The molecule has 3 N–H and O–H groups in total. The van der Waals surface area contributed by atoms with Crippen molar-refractivity contribution in [2.75, 3.05) is 40.3 Å². The number of likely N-dealkylation sites (tertiary alicyclic amines) is 1. The zero-order valence-electron chi connectivity index (χ0n) is 12.0. The van der Waals surface area contributed by atoms with E-state index in [0.717, 1.165) is 31.8 Å². The van der Waals surface area contributed by atoms with Crippen LogP contribution in [0.3, 0.4) is 0 Å². The molecule has 6 nitrogen and oxygen atoms in total. The maximum Gasteiger partial charge on any atom is 0.263 e. The summed E-state index contributed by atoms with van der Waals surface area (Å²) >= 11 is 0. The molecule has 2 aliphatic heterocycles. The molecule has 0 aromatic rings. The van der Waals surface area contributed by atoms with E-state index in [1.54, 1.807) is 0 Å². The van der Waals surface area contributed by atoms with Crippen LogP contribution in [0, 0.1) is 5.92 Å². The first kappa shape index (κ1) is 14.7. The molecular formula is C13H26N4O2. The Morgan fingerprint density at radius 1 is 1.42 bits per heavy atom. The number of ether oxygens (including phenoxy) is 1. The molecule has 2 fully saturated rings. The molecule has 6 heteroatoms. The fourth-order valence-corrected chi connectivity index (χ4v) is 3.16. The molecular weight excluding hydrogens is 244 g/mol. The van der Waals surface area contributed by atoms with Crippen molar-refractivity contribution in [1.29, 1.82) is 0 Å². The molecule has 3 atom stereocenters. The molecule has 2 saturated heterocycles. The fourth-order valence-electron chi connectivity index (χ4n) is 3.16. The minimum Gasteiger partial charge on any atom is -0.364 e. The number of hydrogen-bond donors (Lipinski definition) is 2. The molecule has 0 radical (unpaired) electrons. The Morgan fingerprint density at radius 3 is 2.84 bits per heavy atom. The Balaban J connectivity index is 1.68. The lowest BCUT2D eigenvalue weighted by molar-refractivity contribution is -0.132. The number of rotatable bonds is 5. The second-order valence-electron chi connectivity index (χ2n) is 5.97. The van der Waals surface area contributed by atoms with Gasteiger partial charge in [-0.1, -0.05) is 0 Å². The second kappa shape index (κ2) is 6.65. The van der Waals surface area contributed by atoms with Gasteiger partial charge in [-0.3, -0.25) is 10.2 Å². The van der Waals surface area contributed by atoms with E-state index in [9.17, 15) is 4.79 Å². The average molecular weight is 270 g/mol. The van der Waals surface area contributed by atoms with Crippen LogP contribution in [0.1, 0.15) is 19.3 Å². The molecule has 0 aromatic heterocycles. The molecule has 2 heterocycles. The summed E-state index contributed by atoms with van der Waals surface area (Å²) in [5.41, 5.74) is 2.16. The molecule has 19 heavy (non-hydrogen) atoms. The second-order valence-corrected chi connectivity index (χ2v) is 5.97. The van der Waals surface area contributed by atoms with Gasteiger partial charge in [0, 0.05) is 19.6 Å². The number of carbonyl (C=O) groups is 1. The summed E-state index contributed by atoms with van der Waals surface area (Å²) in [7, 11) is 4.31. The van der Waals surface area contributed by atoms with Gasteiger partial charge < -0.3 is 14.5 Å². The van der Waals surface area contributed by atoms with E-state index in [1.165, 1.54) is 19.5 Å². The van der Waals surface area contributed by atoms with Crippen molar-refractivity contribution in [2.24, 2.45) is 11.8 Å². The van der Waals surface area contributed by atoms with Gasteiger partial charge in [-0.15, -0.1) is 0 Å². The maximum atomic E-state index is 11.4. The Hall–Kier alpha value is -0.690. The molecule has 1 amide bonds. The Morgan fingerprint density at radius 2 is 2.21 bits per heavy atom. The number of nitrogens with one attached hydrogen (secondary N) is 1. The van der Waals surface area contributed by atoms with E-state index in [-0.39, 0.29) is 18.1 Å². The number of likely N-dealkylation sites (N-methyl/N-ethyl adjacent to an activating group) is 1. The van der Waals surface area contributed by atoms with Crippen LogP contribution in [-0.4, -0.2) is 68.2 Å². The van der Waals surface area contributed by atoms with Gasteiger partial charge in [-0.2, -0.15) is 0 Å². The summed E-state index contributed by atoms with van der Waals surface area (Å²) in [5, 5.41) is 0. The molecule has 0 saturated carbocycles. The minimum atomic E-state index is -0.360. The molecule has 0 bridgehead atoms. The standard InChI is InChI=1S/C13H26N4O2/c1-16-6-5-10(7-16)8-17(2)9-11-3-4-12(19-11)13(18)15-14/h10-12H,3-9,14H2,1-2H3,(H,15,18). The van der Waals surface area contributed by atoms with Gasteiger partial charge in [0.15, 0.2) is 0 Å². The largest absolute Gasteiger partial charge is 0.364 e. The van der Waals surface area contributed by atoms with Crippen LogP contribution in [0.2, 0.25) is 0 Å². The minimum absolute atomic E-state index is 0.159. The van der Waals surface area contributed by atoms with E-state index in [4.69, 9.17) is 10.6 Å². The van der Waals surface area contributed by atoms with Crippen LogP contribution in [0.4, 0.5) is 0 Å². The summed E-state index contributed by atoms with van der Waals surface area (Å²) in [6.07, 6.45) is 2.79. The van der Waals surface area contributed by atoms with Crippen molar-refractivity contribution < 1.29 is 9.53 Å². The third-order valence-electron chi connectivity index (χ3n) is 4.12. The highest BCUT2D eigenvalue weighted by Crippen LogP contribution is 2.21. The Bertz CT molecular complexity index is 313. The highest BCUT2D eigenvalue weighted by atomic mass is 16.5. The van der Waals surface area contributed by atoms with Gasteiger partial charge in [0.05, 0.1) is 6.10 Å². The number of nitrogens with two attached hydrogens (primary N) is 1. The lowest BCUT2D eigenvalue weighted by Gasteiger charge is -2.24. The van der Waals surface area contributed by atoms with E-state index in [2.05, 4.69) is 29.3 Å². The predicted octanol–water partition coefficient (Wildman–Crippen LogP) is -0.593. The summed E-state index contributed by atoms with van der Waals surface area (Å²) in [6, 6.07) is 0. The number of amides is 1. The molecule has 0 spiro atoms. The van der Waals surface area contributed by atoms with Crippen LogP contribution in [0.15, 0.2) is 0 Å². The van der Waals surface area contributed by atoms with Gasteiger partial charge in [0.2, 0.25) is 0 Å². The summed E-state index contributed by atoms with van der Waals surface area (Å²) < 4.78 is 5.73. The summed E-state index contributed by atoms with van der Waals surface area (Å²) in [6.45, 7) is 4.40. The van der Waals surface area contributed by atoms with Gasteiger partial charge in [0.1, 0.15) is 6.10 Å². The molecule has 0 aliphatic carbocycles. The van der Waals surface area contributed by atoms with Crippen LogP contribution in [0.25, 0.3) is 0 Å². The average Bonchev–Trinajstić information content (AvgIpc) is 2.98. The SMILES string of the molecule is CN1CCC(CN(C)CC2CCC(C(=O)NN)O2)C1. The predicted molar refractivity (Wildman–Crippen MR) is 73.3 cm³/mol. The third kappa shape index (κ3) is 4.14. The van der Waals surface area contributed by atoms with Gasteiger partial charge >= 0.3 is 0 Å². The van der Waals surface area contributed by atoms with Gasteiger partial charge in [-0.05, 0) is 45.8 Å². The maximum absolute atomic E-state index is 11.4. The highest BCUT2D eigenvalue weighted by Gasteiger charge is 2.31. The number of nitrogens with zero attached hydrogens (tertiary/aromatic N) is 2. The van der Waals surface area contributed by atoms with Crippen LogP contribution >= 0.6 is 0 Å². The first-order chi connectivity index (χ1) is 9.08. The topological polar surface area (TPSA) is 70.8 Å². The normalized spacial score (nSPS) is 32.1. The van der Waals surface area contributed by atoms with Crippen molar-refractivity contribution in [3.05, 3.63) is 0 Å². The number of hydrazine groups is 1. The van der Waals surface area contributed by atoms with Crippen LogP contribution in [0.5, 0.6) is 0 Å². The van der Waals surface area contributed by atoms with E-state index in [1.807, 2.05) is 0 Å². The lowest BCUT2D eigenvalue weighted by Crippen LogP contribution is -2.40. The van der Waals surface area contributed by atoms with E-state index < -0.39 is 0 Å². The van der Waals surface area contributed by atoms with Crippen molar-refractivity contribution in [3.63, 3.8) is 0 Å². The Labute approximate surface area is 115 Å². The zero-order valence-corrected chi connectivity index (χ0v) is 12.0. The third-order valence-corrected chi connectivity index (χ3v) is 4.12. The van der Waals surface area contributed by atoms with Crippen molar-refractivity contribution in [1.82, 2.24) is 15.2 Å². The van der Waals surface area contributed by atoms with E-state index >= 15 is 0 Å². The first-order valence-corrected chi connectivity index (χ1v) is 7.11. The molecule has 3 unspecified atom stereocenters. The Kier molecular flexibility index (Phi) is 5.15. The molecule has 110 valence electrons. The van der Waals surface area contributed by atoms with Crippen LogP contribution in [-0.2, 0) is 9.53 Å². The number of hydrogen-bond acceptors (Lipinski definition) is 5. The van der Waals surface area contributed by atoms with Crippen molar-refractivity contribution in [3.8, 4) is 0 Å². The van der Waals surface area contributed by atoms with Crippen LogP contribution < -0.4 is 11.3 Å². The smallest absolute Gasteiger partial charge is 0.263 e. The highest BCUT2D eigenvalue weighted by molar-refractivity contribution is 5.80. The zero-order chi connectivity index (χ0) is 13.8. The molecule has 0 aromatic carbocycles. The van der Waals surface area contributed by atoms with Crippen molar-refractivity contribution >= 4 is 5.91 Å². The van der Waals surface area contributed by atoms with Gasteiger partial charge in [0.25, 0.3) is 5.91 Å². The first-order valence-electron chi connectivity index (χ1n) is 7.11. The van der Waals surface area contributed by atoms with Crippen molar-refractivity contribution in [2.45, 2.75) is 31.5 Å². The monoisotopic (exact) mass is 270 g/mol. The lowest BCUT2D eigenvalue weighted by atomic mass is 10.1. The summed E-state index contributed by atoms with van der Waals surface area (Å²) in [5.74, 6) is 5.68. The summed E-state index contributed by atoms with van der Waals surface area (Å²) in [4.78, 5) is 16.1.